The fourth-order valence-electron chi connectivity index (χ4n) is 3.07. The normalized spacial score (nSPS) is 16.3. The lowest BCUT2D eigenvalue weighted by Crippen LogP contribution is -2.29. The van der Waals surface area contributed by atoms with Crippen molar-refractivity contribution in [3.8, 4) is 6.07 Å². The molecule has 4 nitrogen and oxygen atoms in total. The molecule has 2 heterocycles. The van der Waals surface area contributed by atoms with Gasteiger partial charge in [-0.25, -0.2) is 4.98 Å². The molecule has 2 rings (SSSR count). The van der Waals surface area contributed by atoms with Gasteiger partial charge in [0.2, 0.25) is 0 Å². The highest BCUT2D eigenvalue weighted by atomic mass is 15.2. The Morgan fingerprint density at radius 2 is 1.79 bits per heavy atom. The minimum atomic E-state index is 0.716. The molecule has 24 heavy (non-hydrogen) atoms. The lowest BCUT2D eigenvalue weighted by atomic mass is 10.0. The van der Waals surface area contributed by atoms with Crippen LogP contribution in [0.1, 0.15) is 45.2 Å². The summed E-state index contributed by atoms with van der Waals surface area (Å²) in [6, 6.07) is 6.53. The number of aromatic nitrogens is 1. The van der Waals surface area contributed by atoms with E-state index in [1.807, 2.05) is 12.1 Å². The van der Waals surface area contributed by atoms with Gasteiger partial charge in [-0.1, -0.05) is 26.0 Å². The molecule has 1 aromatic rings. The zero-order valence-corrected chi connectivity index (χ0v) is 15.3. The van der Waals surface area contributed by atoms with Crippen molar-refractivity contribution in [1.82, 2.24) is 4.98 Å². The average molecular weight is 324 g/mol. The van der Waals surface area contributed by atoms with Crippen LogP contribution in [-0.4, -0.2) is 32.2 Å². The Hall–Kier alpha value is -2.28. The summed E-state index contributed by atoms with van der Waals surface area (Å²) in [5.74, 6) is 1.01. The first kappa shape index (κ1) is 18.1. The van der Waals surface area contributed by atoms with E-state index in [0.717, 1.165) is 48.7 Å². The Kier molecular flexibility index (Phi) is 6.43. The predicted molar refractivity (Wildman–Crippen MR) is 102 cm³/mol. The smallest absolute Gasteiger partial charge is 0.152 e. The van der Waals surface area contributed by atoms with Gasteiger partial charge in [-0.15, -0.1) is 0 Å². The van der Waals surface area contributed by atoms with Gasteiger partial charge < -0.3 is 9.80 Å². The van der Waals surface area contributed by atoms with Gasteiger partial charge in [0.25, 0.3) is 0 Å². The second-order valence-corrected chi connectivity index (χ2v) is 6.25. The van der Waals surface area contributed by atoms with Crippen LogP contribution in [0.2, 0.25) is 0 Å². The Balaban J connectivity index is 2.53. The van der Waals surface area contributed by atoms with Crippen LogP contribution in [0.3, 0.4) is 0 Å². The molecule has 0 aliphatic carbocycles. The molecule has 1 aliphatic heterocycles. The maximum absolute atomic E-state index is 9.52. The summed E-state index contributed by atoms with van der Waals surface area (Å²) in [5, 5.41) is 9.52. The summed E-state index contributed by atoms with van der Waals surface area (Å²) in [6.07, 6.45) is 8.18. The number of hydrogen-bond donors (Lipinski definition) is 0. The fraction of sp³-hybridized carbons (Fsp3) is 0.500. The molecule has 0 spiro atoms. The third kappa shape index (κ3) is 3.97. The van der Waals surface area contributed by atoms with Crippen LogP contribution in [0.5, 0.6) is 0 Å². The second-order valence-electron chi connectivity index (χ2n) is 6.25. The topological polar surface area (TPSA) is 43.2 Å². The van der Waals surface area contributed by atoms with Crippen molar-refractivity contribution in [2.75, 3.05) is 37.0 Å². The van der Waals surface area contributed by atoms with Crippen LogP contribution >= 0.6 is 0 Å². The van der Waals surface area contributed by atoms with E-state index in [2.05, 4.69) is 56.0 Å². The number of fused-ring (bicyclic) bond motifs is 1. The van der Waals surface area contributed by atoms with Gasteiger partial charge in [0.05, 0.1) is 23.0 Å². The number of allylic oxidation sites excluding steroid dienone is 4. The van der Waals surface area contributed by atoms with Crippen LogP contribution in [0.4, 0.5) is 11.5 Å². The van der Waals surface area contributed by atoms with E-state index in [9.17, 15) is 5.26 Å². The number of nitrogens with zero attached hydrogens (tertiary/aromatic N) is 4. The molecule has 0 fully saturated rings. The van der Waals surface area contributed by atoms with E-state index in [0.29, 0.717) is 5.57 Å². The van der Waals surface area contributed by atoms with Gasteiger partial charge in [0.1, 0.15) is 0 Å². The van der Waals surface area contributed by atoms with E-state index in [1.165, 1.54) is 12.8 Å². The lowest BCUT2D eigenvalue weighted by molar-refractivity contribution is 0.685. The van der Waals surface area contributed by atoms with Gasteiger partial charge in [0.15, 0.2) is 5.82 Å². The van der Waals surface area contributed by atoms with E-state index in [-0.39, 0.29) is 0 Å². The van der Waals surface area contributed by atoms with Crippen molar-refractivity contribution < 1.29 is 0 Å². The quantitative estimate of drug-likeness (QED) is 0.608. The largest absolute Gasteiger partial charge is 0.372 e. The number of rotatable bonds is 4. The van der Waals surface area contributed by atoms with Crippen LogP contribution in [0, 0.1) is 11.3 Å². The van der Waals surface area contributed by atoms with Crippen molar-refractivity contribution in [2.45, 2.75) is 39.5 Å². The zero-order valence-electron chi connectivity index (χ0n) is 15.3. The molecule has 0 aromatic carbocycles. The summed E-state index contributed by atoms with van der Waals surface area (Å²) in [6.45, 7) is 6.21. The summed E-state index contributed by atoms with van der Waals surface area (Å²) >= 11 is 0. The molecule has 0 atom stereocenters. The highest BCUT2D eigenvalue weighted by Gasteiger charge is 2.18. The first-order valence-corrected chi connectivity index (χ1v) is 8.86. The van der Waals surface area contributed by atoms with Crippen LogP contribution in [-0.2, 0) is 0 Å². The highest BCUT2D eigenvalue weighted by Crippen LogP contribution is 2.32. The Morgan fingerprint density at radius 3 is 2.42 bits per heavy atom. The van der Waals surface area contributed by atoms with E-state index in [1.54, 1.807) is 0 Å². The molecular weight excluding hydrogens is 296 g/mol. The molecule has 0 amide bonds. The zero-order chi connectivity index (χ0) is 17.5. The fourth-order valence-corrected chi connectivity index (χ4v) is 3.07. The molecule has 0 unspecified atom stereocenters. The molecule has 4 heteroatoms. The highest BCUT2D eigenvalue weighted by molar-refractivity contribution is 5.83. The third-order valence-electron chi connectivity index (χ3n) is 4.37. The minimum absolute atomic E-state index is 0.716. The van der Waals surface area contributed by atoms with E-state index < -0.39 is 0 Å². The molecule has 0 saturated carbocycles. The molecule has 0 bridgehead atoms. The summed E-state index contributed by atoms with van der Waals surface area (Å²) in [4.78, 5) is 9.45. The number of anilines is 2. The average Bonchev–Trinajstić information content (AvgIpc) is 2.59. The molecular formula is C20H28N4. The summed E-state index contributed by atoms with van der Waals surface area (Å²) < 4.78 is 0. The Morgan fingerprint density at radius 1 is 1.12 bits per heavy atom. The summed E-state index contributed by atoms with van der Waals surface area (Å²) in [5.41, 5.74) is 3.71. The van der Waals surface area contributed by atoms with Gasteiger partial charge in [-0.05, 0) is 37.8 Å². The van der Waals surface area contributed by atoms with Crippen LogP contribution in [0.15, 0.2) is 29.9 Å². The van der Waals surface area contributed by atoms with Crippen molar-refractivity contribution in [2.24, 2.45) is 0 Å². The number of nitriles is 1. The second kappa shape index (κ2) is 8.54. The standard InChI is InChI=1S/C20H28N4/c1-5-9-16(15-21)17(10-6-2)18-11-12-19-20(22-18)24(4)14-8-7-13-23(19)3/h9-12H,5-8,13-14H2,1-4H3/b16-9-,17-10+. The van der Waals surface area contributed by atoms with Gasteiger partial charge in [-0.3, -0.25) is 0 Å². The van der Waals surface area contributed by atoms with Crippen molar-refractivity contribution in [3.05, 3.63) is 35.6 Å². The van der Waals surface area contributed by atoms with E-state index >= 15 is 0 Å². The van der Waals surface area contributed by atoms with Gasteiger partial charge in [0, 0.05) is 32.8 Å². The van der Waals surface area contributed by atoms with Crippen LogP contribution < -0.4 is 9.80 Å². The molecule has 1 aromatic heterocycles. The molecule has 1 aliphatic rings. The maximum Gasteiger partial charge on any atom is 0.152 e. The molecule has 0 saturated heterocycles. The monoisotopic (exact) mass is 324 g/mol. The third-order valence-corrected chi connectivity index (χ3v) is 4.37. The molecule has 0 radical (unpaired) electrons. The first-order valence-electron chi connectivity index (χ1n) is 8.86. The van der Waals surface area contributed by atoms with Crippen molar-refractivity contribution >= 4 is 17.1 Å². The predicted octanol–water partition coefficient (Wildman–Crippen LogP) is 4.40. The number of pyridine rings is 1. The van der Waals surface area contributed by atoms with Crippen molar-refractivity contribution in [3.63, 3.8) is 0 Å². The van der Waals surface area contributed by atoms with Gasteiger partial charge >= 0.3 is 0 Å². The lowest BCUT2D eigenvalue weighted by Gasteiger charge is -2.30. The Bertz CT molecular complexity index is 667. The maximum atomic E-state index is 9.52. The van der Waals surface area contributed by atoms with Crippen molar-refractivity contribution in [1.29, 1.82) is 5.26 Å². The minimum Gasteiger partial charge on any atom is -0.372 e. The first-order chi connectivity index (χ1) is 11.6. The van der Waals surface area contributed by atoms with Gasteiger partial charge in [-0.2, -0.15) is 5.26 Å². The molecule has 0 N–H and O–H groups in total. The molecule has 128 valence electrons. The Labute approximate surface area is 146 Å². The number of hydrogen-bond acceptors (Lipinski definition) is 4. The summed E-state index contributed by atoms with van der Waals surface area (Å²) in [7, 11) is 4.23. The van der Waals surface area contributed by atoms with E-state index in [4.69, 9.17) is 4.98 Å². The SMILES string of the molecule is CC/C=C(C#N)\C(=C/CC)c1ccc2c(n1)N(C)CCCCN2C. The van der Waals surface area contributed by atoms with Crippen LogP contribution in [0.25, 0.3) is 5.57 Å².